The highest BCUT2D eigenvalue weighted by atomic mass is 32.1. The standard InChI is InChI=1S/C21H16N2OS/c24-20(14-6-2-1-3-7-14)23-21(25)22-17-11-10-16-12-15-8-4-5-9-18(15)19(16)13-17/h1-11,13H,12H2,(H2,22,23,24,25). The van der Waals surface area contributed by atoms with Gasteiger partial charge >= 0.3 is 0 Å². The van der Waals surface area contributed by atoms with Crippen molar-refractivity contribution in [3.63, 3.8) is 0 Å². The molecular formula is C21H16N2OS. The number of carbonyl (C=O) groups is 1. The predicted molar refractivity (Wildman–Crippen MR) is 105 cm³/mol. The molecule has 3 nitrogen and oxygen atoms in total. The van der Waals surface area contributed by atoms with Gasteiger partial charge in [-0.25, -0.2) is 0 Å². The van der Waals surface area contributed by atoms with Crippen LogP contribution in [0.4, 0.5) is 5.69 Å². The molecule has 0 unspecified atom stereocenters. The zero-order valence-electron chi connectivity index (χ0n) is 13.5. The van der Waals surface area contributed by atoms with Crippen LogP contribution in [0.1, 0.15) is 21.5 Å². The first-order chi connectivity index (χ1) is 12.2. The van der Waals surface area contributed by atoms with Gasteiger partial charge in [-0.2, -0.15) is 0 Å². The highest BCUT2D eigenvalue weighted by Gasteiger charge is 2.18. The molecule has 0 atom stereocenters. The minimum atomic E-state index is -0.218. The molecule has 0 spiro atoms. The van der Waals surface area contributed by atoms with Crippen LogP contribution in [0, 0.1) is 0 Å². The Balaban J connectivity index is 1.49. The molecule has 1 amide bonds. The molecule has 1 aliphatic rings. The quantitative estimate of drug-likeness (QED) is 0.530. The van der Waals surface area contributed by atoms with Crippen molar-refractivity contribution in [2.24, 2.45) is 0 Å². The topological polar surface area (TPSA) is 41.1 Å². The van der Waals surface area contributed by atoms with Gasteiger partial charge < -0.3 is 5.32 Å². The monoisotopic (exact) mass is 344 g/mol. The maximum Gasteiger partial charge on any atom is 0.257 e. The molecule has 0 saturated heterocycles. The number of nitrogens with one attached hydrogen (secondary N) is 2. The largest absolute Gasteiger partial charge is 0.332 e. The number of thiocarbonyl (C=S) groups is 1. The van der Waals surface area contributed by atoms with Crippen LogP contribution in [0.15, 0.2) is 72.8 Å². The predicted octanol–water partition coefficient (Wildman–Crippen LogP) is 4.38. The number of carbonyl (C=O) groups excluding carboxylic acids is 1. The van der Waals surface area contributed by atoms with Gasteiger partial charge in [0.05, 0.1) is 0 Å². The van der Waals surface area contributed by atoms with E-state index in [9.17, 15) is 4.79 Å². The summed E-state index contributed by atoms with van der Waals surface area (Å²) in [4.78, 5) is 12.2. The Morgan fingerprint density at radius 3 is 2.40 bits per heavy atom. The molecule has 4 rings (SSSR count). The third-order valence-electron chi connectivity index (χ3n) is 4.32. The fourth-order valence-electron chi connectivity index (χ4n) is 3.13. The normalized spacial score (nSPS) is 11.4. The van der Waals surface area contributed by atoms with Gasteiger partial charge in [-0.15, -0.1) is 0 Å². The summed E-state index contributed by atoms with van der Waals surface area (Å²) in [6.07, 6.45) is 0.959. The lowest BCUT2D eigenvalue weighted by Crippen LogP contribution is -2.34. The van der Waals surface area contributed by atoms with E-state index in [4.69, 9.17) is 12.2 Å². The van der Waals surface area contributed by atoms with Crippen molar-refractivity contribution in [1.82, 2.24) is 5.32 Å². The third-order valence-corrected chi connectivity index (χ3v) is 4.52. The minimum Gasteiger partial charge on any atom is -0.332 e. The van der Waals surface area contributed by atoms with Crippen molar-refractivity contribution in [2.75, 3.05) is 5.32 Å². The first-order valence-electron chi connectivity index (χ1n) is 8.09. The molecule has 0 fully saturated rings. The first-order valence-corrected chi connectivity index (χ1v) is 8.50. The fraction of sp³-hybridized carbons (Fsp3) is 0.0476. The Morgan fingerprint density at radius 1 is 0.840 bits per heavy atom. The number of hydrogen-bond acceptors (Lipinski definition) is 2. The number of amides is 1. The van der Waals surface area contributed by atoms with Gasteiger partial charge in [0.25, 0.3) is 5.91 Å². The molecule has 0 saturated carbocycles. The summed E-state index contributed by atoms with van der Waals surface area (Å²) < 4.78 is 0. The molecule has 0 radical (unpaired) electrons. The van der Waals surface area contributed by atoms with Gasteiger partial charge in [-0.1, -0.05) is 48.5 Å². The van der Waals surface area contributed by atoms with E-state index < -0.39 is 0 Å². The molecule has 3 aromatic rings. The van der Waals surface area contributed by atoms with E-state index in [0.717, 1.165) is 12.1 Å². The van der Waals surface area contributed by atoms with E-state index in [1.54, 1.807) is 12.1 Å². The Morgan fingerprint density at radius 2 is 1.56 bits per heavy atom. The van der Waals surface area contributed by atoms with Crippen molar-refractivity contribution in [1.29, 1.82) is 0 Å². The summed E-state index contributed by atoms with van der Waals surface area (Å²) >= 11 is 5.28. The zero-order valence-corrected chi connectivity index (χ0v) is 14.3. The lowest BCUT2D eigenvalue weighted by molar-refractivity contribution is 0.0977. The Hall–Kier alpha value is -2.98. The van der Waals surface area contributed by atoms with E-state index >= 15 is 0 Å². The SMILES string of the molecule is O=C(NC(=S)Nc1ccc2c(c1)-c1ccccc1C2)c1ccccc1. The maximum absolute atomic E-state index is 12.2. The van der Waals surface area contributed by atoms with Crippen LogP contribution >= 0.6 is 12.2 Å². The van der Waals surface area contributed by atoms with Gasteiger partial charge in [-0.05, 0) is 65.2 Å². The Kier molecular flexibility index (Phi) is 4.04. The van der Waals surface area contributed by atoms with Crippen molar-refractivity contribution in [3.05, 3.63) is 89.5 Å². The van der Waals surface area contributed by atoms with Gasteiger partial charge in [0.1, 0.15) is 0 Å². The third kappa shape index (κ3) is 3.16. The van der Waals surface area contributed by atoms with Gasteiger partial charge in [0, 0.05) is 11.3 Å². The van der Waals surface area contributed by atoms with Crippen molar-refractivity contribution >= 4 is 28.9 Å². The van der Waals surface area contributed by atoms with Gasteiger partial charge in [0.2, 0.25) is 0 Å². The number of anilines is 1. The summed E-state index contributed by atoms with van der Waals surface area (Å²) in [6.45, 7) is 0. The average molecular weight is 344 g/mol. The second kappa shape index (κ2) is 6.49. The van der Waals surface area contributed by atoms with Crippen LogP contribution in [-0.4, -0.2) is 11.0 Å². The summed E-state index contributed by atoms with van der Waals surface area (Å²) in [6, 6.07) is 23.6. The lowest BCUT2D eigenvalue weighted by atomic mass is 10.1. The van der Waals surface area contributed by atoms with Crippen molar-refractivity contribution < 1.29 is 4.79 Å². The van der Waals surface area contributed by atoms with Crippen LogP contribution in [-0.2, 0) is 6.42 Å². The van der Waals surface area contributed by atoms with Crippen molar-refractivity contribution in [3.8, 4) is 11.1 Å². The lowest BCUT2D eigenvalue weighted by Gasteiger charge is -2.11. The molecule has 122 valence electrons. The van der Waals surface area contributed by atoms with E-state index in [1.165, 1.54) is 22.3 Å². The van der Waals surface area contributed by atoms with Crippen LogP contribution < -0.4 is 10.6 Å². The Labute approximate surface area is 151 Å². The second-order valence-electron chi connectivity index (χ2n) is 5.98. The van der Waals surface area contributed by atoms with E-state index in [0.29, 0.717) is 10.7 Å². The first kappa shape index (κ1) is 15.5. The number of hydrogen-bond donors (Lipinski definition) is 2. The zero-order chi connectivity index (χ0) is 17.2. The van der Waals surface area contributed by atoms with Gasteiger partial charge in [0.15, 0.2) is 5.11 Å². The van der Waals surface area contributed by atoms with Crippen LogP contribution in [0.25, 0.3) is 11.1 Å². The summed E-state index contributed by atoms with van der Waals surface area (Å²) in [5, 5.41) is 6.11. The molecule has 0 bridgehead atoms. The Bertz CT molecular complexity index is 967. The molecular weight excluding hydrogens is 328 g/mol. The summed E-state index contributed by atoms with van der Waals surface area (Å²) in [7, 11) is 0. The van der Waals surface area contributed by atoms with Crippen molar-refractivity contribution in [2.45, 2.75) is 6.42 Å². The summed E-state index contributed by atoms with van der Waals surface area (Å²) in [5.74, 6) is -0.218. The van der Waals surface area contributed by atoms with E-state index in [-0.39, 0.29) is 5.91 Å². The number of rotatable bonds is 2. The van der Waals surface area contributed by atoms with Crippen LogP contribution in [0.5, 0.6) is 0 Å². The molecule has 4 heteroatoms. The summed E-state index contributed by atoms with van der Waals surface area (Å²) in [5.41, 5.74) is 6.59. The van der Waals surface area contributed by atoms with E-state index in [2.05, 4.69) is 47.0 Å². The second-order valence-corrected chi connectivity index (χ2v) is 6.39. The van der Waals surface area contributed by atoms with Crippen LogP contribution in [0.2, 0.25) is 0 Å². The molecule has 2 N–H and O–H groups in total. The van der Waals surface area contributed by atoms with Gasteiger partial charge in [-0.3, -0.25) is 10.1 Å². The fourth-order valence-corrected chi connectivity index (χ4v) is 3.34. The van der Waals surface area contributed by atoms with Crippen LogP contribution in [0.3, 0.4) is 0 Å². The smallest absolute Gasteiger partial charge is 0.257 e. The van der Waals surface area contributed by atoms with E-state index in [1.807, 2.05) is 24.3 Å². The molecule has 25 heavy (non-hydrogen) atoms. The number of benzene rings is 3. The highest BCUT2D eigenvalue weighted by molar-refractivity contribution is 7.80. The highest BCUT2D eigenvalue weighted by Crippen LogP contribution is 2.37. The molecule has 0 aromatic heterocycles. The molecule has 1 aliphatic carbocycles. The molecule has 0 aliphatic heterocycles. The molecule has 3 aromatic carbocycles. The number of fused-ring (bicyclic) bond motifs is 3. The maximum atomic E-state index is 12.2. The minimum absolute atomic E-state index is 0.218. The average Bonchev–Trinajstić information content (AvgIpc) is 3.00. The molecule has 0 heterocycles.